The van der Waals surface area contributed by atoms with Crippen LogP contribution in [0.15, 0.2) is 65.8 Å². The Bertz CT molecular complexity index is 1110. The molecule has 33 heavy (non-hydrogen) atoms. The zero-order valence-corrected chi connectivity index (χ0v) is 20.0. The highest BCUT2D eigenvalue weighted by molar-refractivity contribution is 7.99. The van der Waals surface area contributed by atoms with Gasteiger partial charge in [-0.3, -0.25) is 9.78 Å². The van der Waals surface area contributed by atoms with Crippen LogP contribution in [0.1, 0.15) is 5.56 Å². The highest BCUT2D eigenvalue weighted by Gasteiger charge is 2.27. The van der Waals surface area contributed by atoms with Gasteiger partial charge in [0.15, 0.2) is 0 Å². The lowest BCUT2D eigenvalue weighted by Crippen LogP contribution is -2.32. The fourth-order valence-electron chi connectivity index (χ4n) is 3.71. The van der Waals surface area contributed by atoms with E-state index in [2.05, 4.69) is 35.4 Å². The van der Waals surface area contributed by atoms with Gasteiger partial charge in [0.2, 0.25) is 5.91 Å². The summed E-state index contributed by atoms with van der Waals surface area (Å²) in [5.41, 5.74) is 4.03. The molecule has 4 rings (SSSR count). The molecule has 0 aliphatic carbocycles. The minimum absolute atomic E-state index is 0.0328. The first kappa shape index (κ1) is 23.1. The summed E-state index contributed by atoms with van der Waals surface area (Å²) < 4.78 is 11.2. The Labute approximate surface area is 199 Å². The molecule has 172 valence electrons. The summed E-state index contributed by atoms with van der Waals surface area (Å²) in [5.74, 6) is 2.22. The van der Waals surface area contributed by atoms with E-state index < -0.39 is 0 Å². The number of nitrogens with one attached hydrogen (secondary N) is 1. The van der Waals surface area contributed by atoms with Crippen LogP contribution in [0.3, 0.4) is 0 Å². The van der Waals surface area contributed by atoms with Crippen LogP contribution in [-0.2, 0) is 11.2 Å². The van der Waals surface area contributed by atoms with E-state index in [4.69, 9.17) is 9.47 Å². The van der Waals surface area contributed by atoms with Crippen LogP contribution >= 0.6 is 11.8 Å². The van der Waals surface area contributed by atoms with Crippen molar-refractivity contribution in [2.75, 3.05) is 45.4 Å². The molecule has 0 fully saturated rings. The summed E-state index contributed by atoms with van der Waals surface area (Å²) in [4.78, 5) is 20.5. The van der Waals surface area contributed by atoms with Crippen LogP contribution in [0.5, 0.6) is 11.5 Å². The van der Waals surface area contributed by atoms with Crippen molar-refractivity contribution in [2.24, 2.45) is 5.92 Å². The maximum absolute atomic E-state index is 13.2. The lowest BCUT2D eigenvalue weighted by atomic mass is 9.95. The SMILES string of the molecule is COc1ccc2c(c1)CC(C(=O)Nc1ccc(-c3ccncc3)cc1SCCN(C)C)CO2. The predicted molar refractivity (Wildman–Crippen MR) is 133 cm³/mol. The van der Waals surface area contributed by atoms with Gasteiger partial charge in [-0.05, 0) is 79.7 Å². The van der Waals surface area contributed by atoms with Crippen molar-refractivity contribution in [3.8, 4) is 22.6 Å². The van der Waals surface area contributed by atoms with Crippen LogP contribution in [0, 0.1) is 5.92 Å². The molecule has 1 N–H and O–H groups in total. The third kappa shape index (κ3) is 5.86. The molecule has 2 heterocycles. The molecular weight excluding hydrogens is 434 g/mol. The van der Waals surface area contributed by atoms with Gasteiger partial charge in [0, 0.05) is 29.6 Å². The number of rotatable bonds is 8. The van der Waals surface area contributed by atoms with Gasteiger partial charge in [0.05, 0.1) is 18.7 Å². The number of anilines is 1. The van der Waals surface area contributed by atoms with Crippen molar-refractivity contribution >= 4 is 23.4 Å². The quantitative estimate of drug-likeness (QED) is 0.493. The fraction of sp³-hybridized carbons (Fsp3) is 0.308. The molecule has 1 amide bonds. The molecule has 0 bridgehead atoms. The largest absolute Gasteiger partial charge is 0.497 e. The average molecular weight is 464 g/mol. The van der Waals surface area contributed by atoms with Gasteiger partial charge in [-0.2, -0.15) is 0 Å². The van der Waals surface area contributed by atoms with Gasteiger partial charge in [-0.25, -0.2) is 0 Å². The molecular formula is C26H29N3O3S. The molecule has 1 aliphatic rings. The molecule has 1 aromatic heterocycles. The number of hydrogen-bond donors (Lipinski definition) is 1. The van der Waals surface area contributed by atoms with Crippen LogP contribution in [-0.4, -0.2) is 55.9 Å². The first-order chi connectivity index (χ1) is 16.0. The lowest BCUT2D eigenvalue weighted by molar-refractivity contribution is -0.121. The molecule has 7 heteroatoms. The molecule has 6 nitrogen and oxygen atoms in total. The number of fused-ring (bicyclic) bond motifs is 1. The monoisotopic (exact) mass is 463 g/mol. The standard InChI is InChI=1S/C26H29N3O3S/c1-29(2)12-13-33-25-16-19(18-8-10-27-11-9-18)4-6-23(25)28-26(30)21-14-20-15-22(31-3)5-7-24(20)32-17-21/h4-11,15-16,21H,12-14,17H2,1-3H3,(H,28,30). The van der Waals surface area contributed by atoms with Gasteiger partial charge in [-0.15, -0.1) is 11.8 Å². The van der Waals surface area contributed by atoms with Crippen molar-refractivity contribution in [2.45, 2.75) is 11.3 Å². The minimum Gasteiger partial charge on any atom is -0.497 e. The van der Waals surface area contributed by atoms with E-state index in [0.29, 0.717) is 13.0 Å². The van der Waals surface area contributed by atoms with Crippen molar-refractivity contribution in [3.63, 3.8) is 0 Å². The van der Waals surface area contributed by atoms with Crippen LogP contribution in [0.4, 0.5) is 5.69 Å². The number of aromatic nitrogens is 1. The topological polar surface area (TPSA) is 63.7 Å². The number of pyridine rings is 1. The van der Waals surface area contributed by atoms with Gasteiger partial charge in [0.1, 0.15) is 18.1 Å². The van der Waals surface area contributed by atoms with Gasteiger partial charge < -0.3 is 19.7 Å². The maximum Gasteiger partial charge on any atom is 0.231 e. The smallest absolute Gasteiger partial charge is 0.231 e. The Balaban J connectivity index is 1.52. The third-order valence-corrected chi connectivity index (χ3v) is 6.63. The first-order valence-electron chi connectivity index (χ1n) is 11.0. The Hall–Kier alpha value is -3.03. The summed E-state index contributed by atoms with van der Waals surface area (Å²) in [6.07, 6.45) is 4.20. The van der Waals surface area contributed by atoms with Crippen LogP contribution < -0.4 is 14.8 Å². The average Bonchev–Trinajstić information content (AvgIpc) is 2.84. The molecule has 2 aromatic carbocycles. The molecule has 0 saturated heterocycles. The number of hydrogen-bond acceptors (Lipinski definition) is 6. The number of thioether (sulfide) groups is 1. The summed E-state index contributed by atoms with van der Waals surface area (Å²) in [5, 5.41) is 3.16. The van der Waals surface area contributed by atoms with Gasteiger partial charge in [-0.1, -0.05) is 6.07 Å². The highest BCUT2D eigenvalue weighted by atomic mass is 32.2. The second kappa shape index (κ2) is 10.7. The molecule has 1 aliphatic heterocycles. The maximum atomic E-state index is 13.2. The summed E-state index contributed by atoms with van der Waals surface area (Å²) >= 11 is 1.75. The highest BCUT2D eigenvalue weighted by Crippen LogP contribution is 2.34. The number of methoxy groups -OCH3 is 1. The summed E-state index contributed by atoms with van der Waals surface area (Å²) in [7, 11) is 5.76. The Morgan fingerprint density at radius 3 is 2.73 bits per heavy atom. The second-order valence-electron chi connectivity index (χ2n) is 8.27. The van der Waals surface area contributed by atoms with Crippen molar-refractivity contribution in [1.29, 1.82) is 0 Å². The molecule has 1 atom stereocenters. The second-order valence-corrected chi connectivity index (χ2v) is 9.41. The Morgan fingerprint density at radius 1 is 1.15 bits per heavy atom. The fourth-order valence-corrected chi connectivity index (χ4v) is 4.87. The first-order valence-corrected chi connectivity index (χ1v) is 11.9. The van der Waals surface area contributed by atoms with E-state index in [-0.39, 0.29) is 11.8 Å². The summed E-state index contributed by atoms with van der Waals surface area (Å²) in [6.45, 7) is 1.32. The van der Waals surface area contributed by atoms with Gasteiger partial charge >= 0.3 is 0 Å². The van der Waals surface area contributed by atoms with Crippen molar-refractivity contribution in [3.05, 3.63) is 66.5 Å². The van der Waals surface area contributed by atoms with Crippen LogP contribution in [0.25, 0.3) is 11.1 Å². The van der Waals surface area contributed by atoms with Crippen molar-refractivity contribution < 1.29 is 14.3 Å². The summed E-state index contributed by atoms with van der Waals surface area (Å²) in [6, 6.07) is 15.9. The van der Waals surface area contributed by atoms with E-state index in [0.717, 1.165) is 51.1 Å². The molecule has 3 aromatic rings. The normalized spacial score (nSPS) is 15.0. The zero-order chi connectivity index (χ0) is 23.2. The van der Waals surface area contributed by atoms with E-state index in [1.165, 1.54) is 0 Å². The zero-order valence-electron chi connectivity index (χ0n) is 19.2. The predicted octanol–water partition coefficient (Wildman–Crippen LogP) is 4.60. The van der Waals surface area contributed by atoms with E-state index in [9.17, 15) is 4.79 Å². The Morgan fingerprint density at radius 2 is 1.97 bits per heavy atom. The third-order valence-electron chi connectivity index (χ3n) is 5.59. The lowest BCUT2D eigenvalue weighted by Gasteiger charge is -2.25. The molecule has 0 saturated carbocycles. The number of ether oxygens (including phenoxy) is 2. The van der Waals surface area contributed by atoms with E-state index >= 15 is 0 Å². The van der Waals surface area contributed by atoms with E-state index in [1.54, 1.807) is 31.3 Å². The number of amides is 1. The Kier molecular flexibility index (Phi) is 7.52. The number of carbonyl (C=O) groups is 1. The van der Waals surface area contributed by atoms with E-state index in [1.807, 2.05) is 42.5 Å². The molecule has 1 unspecified atom stereocenters. The molecule has 0 radical (unpaired) electrons. The van der Waals surface area contributed by atoms with Crippen molar-refractivity contribution in [1.82, 2.24) is 9.88 Å². The van der Waals surface area contributed by atoms with Gasteiger partial charge in [0.25, 0.3) is 0 Å². The number of benzene rings is 2. The minimum atomic E-state index is -0.260. The molecule has 0 spiro atoms. The number of carbonyl (C=O) groups excluding carboxylic acids is 1. The van der Waals surface area contributed by atoms with Crippen LogP contribution in [0.2, 0.25) is 0 Å². The number of nitrogens with zero attached hydrogens (tertiary/aromatic N) is 2.